The summed E-state index contributed by atoms with van der Waals surface area (Å²) in [5.74, 6) is 1.31. The summed E-state index contributed by atoms with van der Waals surface area (Å²) in [6.07, 6.45) is 5.07. The molecular formula is C15H23N3O. The van der Waals surface area contributed by atoms with Gasteiger partial charge in [0.15, 0.2) is 0 Å². The molecule has 0 spiro atoms. The summed E-state index contributed by atoms with van der Waals surface area (Å²) >= 11 is 0. The van der Waals surface area contributed by atoms with E-state index >= 15 is 0 Å². The van der Waals surface area contributed by atoms with Crippen LogP contribution in [0.25, 0.3) is 0 Å². The largest absolute Gasteiger partial charge is 0.388 e. The molecule has 0 bridgehead atoms. The number of anilines is 1. The predicted molar refractivity (Wildman–Crippen MR) is 77.2 cm³/mol. The molecule has 1 fully saturated rings. The van der Waals surface area contributed by atoms with Crippen LogP contribution in [0.15, 0.2) is 18.3 Å². The lowest BCUT2D eigenvalue weighted by Crippen LogP contribution is -2.40. The number of nitrogens with one attached hydrogen (secondary N) is 2. The van der Waals surface area contributed by atoms with Crippen molar-refractivity contribution in [3.8, 4) is 0 Å². The molecule has 1 aromatic rings. The second kappa shape index (κ2) is 6.04. The minimum absolute atomic E-state index is 0.0663. The van der Waals surface area contributed by atoms with E-state index < -0.39 is 0 Å². The van der Waals surface area contributed by atoms with Gasteiger partial charge in [0.2, 0.25) is 0 Å². The molecule has 0 saturated heterocycles. The van der Waals surface area contributed by atoms with Crippen LogP contribution in [0.2, 0.25) is 0 Å². The van der Waals surface area contributed by atoms with Crippen molar-refractivity contribution in [2.75, 3.05) is 12.4 Å². The van der Waals surface area contributed by atoms with Crippen molar-refractivity contribution in [1.82, 2.24) is 10.3 Å². The predicted octanol–water partition coefficient (Wildman–Crippen LogP) is 2.68. The Morgan fingerprint density at radius 2 is 1.95 bits per heavy atom. The van der Waals surface area contributed by atoms with Crippen molar-refractivity contribution in [3.63, 3.8) is 0 Å². The Hall–Kier alpha value is -1.58. The highest BCUT2D eigenvalue weighted by Crippen LogP contribution is 2.28. The molecule has 1 aliphatic rings. The third-order valence-electron chi connectivity index (χ3n) is 3.79. The lowest BCUT2D eigenvalue weighted by atomic mass is 9.80. The highest BCUT2D eigenvalue weighted by atomic mass is 16.1. The van der Waals surface area contributed by atoms with Gasteiger partial charge in [-0.3, -0.25) is 9.78 Å². The lowest BCUT2D eigenvalue weighted by Gasteiger charge is -2.31. The molecule has 2 N–H and O–H groups in total. The van der Waals surface area contributed by atoms with Crippen molar-refractivity contribution in [2.24, 2.45) is 11.8 Å². The van der Waals surface area contributed by atoms with E-state index in [0.29, 0.717) is 17.5 Å². The van der Waals surface area contributed by atoms with Gasteiger partial charge in [-0.05, 0) is 43.2 Å². The van der Waals surface area contributed by atoms with E-state index in [-0.39, 0.29) is 11.9 Å². The average Bonchev–Trinajstić information content (AvgIpc) is 2.37. The molecule has 1 saturated carbocycles. The Bertz CT molecular complexity index is 437. The fraction of sp³-hybridized carbons (Fsp3) is 0.600. The SMILES string of the molecule is CNc1ccnc(C(=O)NC2CC(C)CC(C)C2)c1. The fourth-order valence-electron chi connectivity index (χ4n) is 3.03. The lowest BCUT2D eigenvalue weighted by molar-refractivity contribution is 0.0906. The normalized spacial score (nSPS) is 26.8. The van der Waals surface area contributed by atoms with Crippen molar-refractivity contribution < 1.29 is 4.79 Å². The van der Waals surface area contributed by atoms with Gasteiger partial charge in [-0.25, -0.2) is 0 Å². The number of amides is 1. The zero-order valence-electron chi connectivity index (χ0n) is 11.9. The van der Waals surface area contributed by atoms with Crippen LogP contribution >= 0.6 is 0 Å². The summed E-state index contributed by atoms with van der Waals surface area (Å²) in [5.41, 5.74) is 1.39. The topological polar surface area (TPSA) is 54.0 Å². The maximum absolute atomic E-state index is 12.2. The van der Waals surface area contributed by atoms with Gasteiger partial charge in [0.05, 0.1) is 0 Å². The van der Waals surface area contributed by atoms with Gasteiger partial charge < -0.3 is 10.6 Å². The van der Waals surface area contributed by atoms with Crippen molar-refractivity contribution in [1.29, 1.82) is 0 Å². The first-order valence-corrected chi connectivity index (χ1v) is 7.03. The van der Waals surface area contributed by atoms with Crippen molar-refractivity contribution in [2.45, 2.75) is 39.2 Å². The molecule has 1 aliphatic carbocycles. The van der Waals surface area contributed by atoms with Crippen LogP contribution in [-0.2, 0) is 0 Å². The Labute approximate surface area is 115 Å². The number of hydrogen-bond acceptors (Lipinski definition) is 3. The van der Waals surface area contributed by atoms with Gasteiger partial charge in [0.25, 0.3) is 5.91 Å². The molecule has 19 heavy (non-hydrogen) atoms. The van der Waals surface area contributed by atoms with E-state index in [2.05, 4.69) is 29.5 Å². The maximum Gasteiger partial charge on any atom is 0.270 e. The second-order valence-electron chi connectivity index (χ2n) is 5.77. The van der Waals surface area contributed by atoms with Crippen LogP contribution in [0, 0.1) is 11.8 Å². The summed E-state index contributed by atoms with van der Waals surface area (Å²) in [7, 11) is 1.83. The Balaban J connectivity index is 2.00. The van der Waals surface area contributed by atoms with E-state index in [1.165, 1.54) is 6.42 Å². The van der Waals surface area contributed by atoms with E-state index in [1.54, 1.807) is 12.3 Å². The average molecular weight is 261 g/mol. The van der Waals surface area contributed by atoms with Crippen LogP contribution in [-0.4, -0.2) is 24.0 Å². The van der Waals surface area contributed by atoms with Gasteiger partial charge in [0, 0.05) is 25.0 Å². The number of nitrogens with zero attached hydrogens (tertiary/aromatic N) is 1. The summed E-state index contributed by atoms with van der Waals surface area (Å²) in [6.45, 7) is 4.52. The molecule has 4 heteroatoms. The number of rotatable bonds is 3. The molecule has 2 atom stereocenters. The number of carbonyl (C=O) groups is 1. The molecule has 0 aliphatic heterocycles. The quantitative estimate of drug-likeness (QED) is 0.879. The molecule has 104 valence electrons. The van der Waals surface area contributed by atoms with Crippen LogP contribution in [0.5, 0.6) is 0 Å². The number of carbonyl (C=O) groups excluding carboxylic acids is 1. The summed E-state index contributed by atoms with van der Waals surface area (Å²) in [5, 5.41) is 6.14. The van der Waals surface area contributed by atoms with Gasteiger partial charge >= 0.3 is 0 Å². The zero-order chi connectivity index (χ0) is 13.8. The molecule has 4 nitrogen and oxygen atoms in total. The van der Waals surface area contributed by atoms with Crippen molar-refractivity contribution >= 4 is 11.6 Å². The van der Waals surface area contributed by atoms with Gasteiger partial charge in [0.1, 0.15) is 5.69 Å². The third-order valence-corrected chi connectivity index (χ3v) is 3.79. The maximum atomic E-state index is 12.2. The molecular weight excluding hydrogens is 238 g/mol. The molecule has 2 unspecified atom stereocenters. The van der Waals surface area contributed by atoms with Crippen LogP contribution in [0.3, 0.4) is 0 Å². The fourth-order valence-corrected chi connectivity index (χ4v) is 3.03. The Morgan fingerprint density at radius 1 is 1.26 bits per heavy atom. The minimum Gasteiger partial charge on any atom is -0.388 e. The second-order valence-corrected chi connectivity index (χ2v) is 5.77. The van der Waals surface area contributed by atoms with Gasteiger partial charge in [-0.15, -0.1) is 0 Å². The van der Waals surface area contributed by atoms with Gasteiger partial charge in [-0.1, -0.05) is 13.8 Å². The van der Waals surface area contributed by atoms with E-state index in [1.807, 2.05) is 13.1 Å². The Kier molecular flexibility index (Phi) is 4.40. The van der Waals surface area contributed by atoms with Crippen LogP contribution < -0.4 is 10.6 Å². The molecule has 1 aromatic heterocycles. The molecule has 2 rings (SSSR count). The third kappa shape index (κ3) is 3.69. The van der Waals surface area contributed by atoms with Crippen LogP contribution in [0.4, 0.5) is 5.69 Å². The van der Waals surface area contributed by atoms with Gasteiger partial charge in [-0.2, -0.15) is 0 Å². The van der Waals surface area contributed by atoms with E-state index in [4.69, 9.17) is 0 Å². The summed E-state index contributed by atoms with van der Waals surface area (Å²) in [6, 6.07) is 3.92. The molecule has 1 amide bonds. The zero-order valence-corrected chi connectivity index (χ0v) is 11.9. The highest BCUT2D eigenvalue weighted by molar-refractivity contribution is 5.93. The first-order chi connectivity index (χ1) is 9.08. The van der Waals surface area contributed by atoms with E-state index in [0.717, 1.165) is 18.5 Å². The number of aromatic nitrogens is 1. The standard InChI is InChI=1S/C15H23N3O/c1-10-6-11(2)8-13(7-10)18-15(19)14-9-12(16-3)4-5-17-14/h4-5,9-11,13H,6-8H2,1-3H3,(H,16,17)(H,18,19). The first-order valence-electron chi connectivity index (χ1n) is 7.03. The molecule has 0 radical (unpaired) electrons. The number of pyridine rings is 1. The minimum atomic E-state index is -0.0663. The molecule has 0 aromatic carbocycles. The molecule has 1 heterocycles. The van der Waals surface area contributed by atoms with E-state index in [9.17, 15) is 4.79 Å². The van der Waals surface area contributed by atoms with Crippen LogP contribution in [0.1, 0.15) is 43.6 Å². The monoisotopic (exact) mass is 261 g/mol. The Morgan fingerprint density at radius 3 is 2.58 bits per heavy atom. The van der Waals surface area contributed by atoms with Crippen molar-refractivity contribution in [3.05, 3.63) is 24.0 Å². The highest BCUT2D eigenvalue weighted by Gasteiger charge is 2.25. The summed E-state index contributed by atoms with van der Waals surface area (Å²) in [4.78, 5) is 16.3. The summed E-state index contributed by atoms with van der Waals surface area (Å²) < 4.78 is 0. The first kappa shape index (κ1) is 13.8. The number of hydrogen-bond donors (Lipinski definition) is 2. The smallest absolute Gasteiger partial charge is 0.270 e.